The summed E-state index contributed by atoms with van der Waals surface area (Å²) in [6.45, 7) is 8.99. The SMILES string of the molecule is CCCCCCCCCCCC(C)(C)NC(CC)[Si](OC)(OC)OC. The van der Waals surface area contributed by atoms with Gasteiger partial charge in [-0.3, -0.25) is 0 Å². The van der Waals surface area contributed by atoms with Crippen LogP contribution >= 0.6 is 0 Å². The van der Waals surface area contributed by atoms with Gasteiger partial charge in [0.2, 0.25) is 0 Å². The fraction of sp³-hybridized carbons (Fsp3) is 1.00. The Hall–Kier alpha value is 0.0569. The van der Waals surface area contributed by atoms with Gasteiger partial charge in [0, 0.05) is 26.9 Å². The van der Waals surface area contributed by atoms with Crippen molar-refractivity contribution in [3.05, 3.63) is 0 Å². The van der Waals surface area contributed by atoms with E-state index in [0.29, 0.717) is 0 Å². The molecule has 1 unspecified atom stereocenters. The molecule has 1 atom stereocenters. The highest BCUT2D eigenvalue weighted by Crippen LogP contribution is 2.22. The molecule has 0 aromatic rings. The Kier molecular flexibility index (Phi) is 14.2. The summed E-state index contributed by atoms with van der Waals surface area (Å²) >= 11 is 0. The Morgan fingerprint density at radius 1 is 0.760 bits per heavy atom. The fourth-order valence-corrected chi connectivity index (χ4v) is 5.96. The summed E-state index contributed by atoms with van der Waals surface area (Å²) in [5, 5.41) is 3.75. The highest BCUT2D eigenvalue weighted by atomic mass is 28.4. The molecule has 0 aliphatic carbocycles. The van der Waals surface area contributed by atoms with E-state index >= 15 is 0 Å². The number of rotatable bonds is 17. The van der Waals surface area contributed by atoms with Gasteiger partial charge in [-0.25, -0.2) is 0 Å². The molecular formula is C20H45NO3Si. The third-order valence-corrected chi connectivity index (χ3v) is 8.27. The van der Waals surface area contributed by atoms with Gasteiger partial charge in [0.1, 0.15) is 0 Å². The average Bonchev–Trinajstić information content (AvgIpc) is 2.61. The van der Waals surface area contributed by atoms with Crippen LogP contribution < -0.4 is 5.32 Å². The third-order valence-electron chi connectivity index (χ3n) is 5.16. The molecule has 5 heteroatoms. The van der Waals surface area contributed by atoms with E-state index in [4.69, 9.17) is 13.3 Å². The summed E-state index contributed by atoms with van der Waals surface area (Å²) in [5.74, 6) is 0. The molecule has 25 heavy (non-hydrogen) atoms. The molecule has 0 bridgehead atoms. The molecule has 0 fully saturated rings. The van der Waals surface area contributed by atoms with Crippen molar-refractivity contribution in [3.63, 3.8) is 0 Å². The Balaban J connectivity index is 4.13. The van der Waals surface area contributed by atoms with Crippen molar-refractivity contribution >= 4 is 8.80 Å². The predicted molar refractivity (Wildman–Crippen MR) is 110 cm³/mol. The van der Waals surface area contributed by atoms with Crippen LogP contribution in [0.5, 0.6) is 0 Å². The van der Waals surface area contributed by atoms with Crippen LogP contribution in [0.25, 0.3) is 0 Å². The van der Waals surface area contributed by atoms with Gasteiger partial charge < -0.3 is 18.6 Å². The lowest BCUT2D eigenvalue weighted by Gasteiger charge is -2.38. The van der Waals surface area contributed by atoms with Crippen LogP contribution in [0.2, 0.25) is 0 Å². The van der Waals surface area contributed by atoms with E-state index in [1.807, 2.05) is 0 Å². The number of unbranched alkanes of at least 4 members (excludes halogenated alkanes) is 8. The van der Waals surface area contributed by atoms with Gasteiger partial charge in [0.05, 0.1) is 5.67 Å². The number of hydrogen-bond donors (Lipinski definition) is 1. The lowest BCUT2D eigenvalue weighted by molar-refractivity contribution is 0.0992. The summed E-state index contributed by atoms with van der Waals surface area (Å²) in [4.78, 5) is 0. The topological polar surface area (TPSA) is 39.7 Å². The molecule has 0 rings (SSSR count). The maximum absolute atomic E-state index is 5.66. The van der Waals surface area contributed by atoms with Crippen molar-refractivity contribution < 1.29 is 13.3 Å². The van der Waals surface area contributed by atoms with E-state index in [0.717, 1.165) is 6.42 Å². The summed E-state index contributed by atoms with van der Waals surface area (Å²) in [7, 11) is 2.43. The molecule has 0 saturated heterocycles. The first-order valence-electron chi connectivity index (χ1n) is 10.3. The minimum absolute atomic E-state index is 0.0651. The van der Waals surface area contributed by atoms with Crippen molar-refractivity contribution in [2.45, 2.75) is 110 Å². The standard InChI is InChI=1S/C20H45NO3Si/c1-8-10-11-12-13-14-15-16-17-18-20(3,4)21-19(9-2)25(22-5,23-6)24-7/h19,21H,8-18H2,1-7H3. The molecule has 0 saturated carbocycles. The molecule has 152 valence electrons. The Morgan fingerprint density at radius 2 is 1.20 bits per heavy atom. The maximum atomic E-state index is 5.66. The summed E-state index contributed by atoms with van der Waals surface area (Å²) < 4.78 is 17.0. The lowest BCUT2D eigenvalue weighted by Crippen LogP contribution is -2.64. The lowest BCUT2D eigenvalue weighted by atomic mass is 9.95. The second-order valence-corrected chi connectivity index (χ2v) is 10.9. The largest absolute Gasteiger partial charge is 0.518 e. The Bertz CT molecular complexity index is 301. The predicted octanol–water partition coefficient (Wildman–Crippen LogP) is 5.47. The second-order valence-electron chi connectivity index (χ2n) is 7.78. The molecule has 0 aromatic heterocycles. The summed E-state index contributed by atoms with van der Waals surface area (Å²) in [6, 6.07) is 0. The molecule has 4 nitrogen and oxygen atoms in total. The van der Waals surface area contributed by atoms with Gasteiger partial charge in [-0.2, -0.15) is 0 Å². The van der Waals surface area contributed by atoms with Crippen LogP contribution in [0, 0.1) is 0 Å². The average molecular weight is 376 g/mol. The normalized spacial score (nSPS) is 14.0. The molecule has 0 aromatic carbocycles. The molecular weight excluding hydrogens is 330 g/mol. The number of nitrogens with one attached hydrogen (secondary N) is 1. The molecule has 0 aliphatic rings. The van der Waals surface area contributed by atoms with Gasteiger partial charge >= 0.3 is 8.80 Å². The zero-order chi connectivity index (χ0) is 19.2. The molecule has 0 spiro atoms. The summed E-state index contributed by atoms with van der Waals surface area (Å²) in [6.07, 6.45) is 14.4. The van der Waals surface area contributed by atoms with Gasteiger partial charge in [-0.1, -0.05) is 71.6 Å². The van der Waals surface area contributed by atoms with Gasteiger partial charge in [0.25, 0.3) is 0 Å². The monoisotopic (exact) mass is 375 g/mol. The molecule has 0 aliphatic heterocycles. The van der Waals surface area contributed by atoms with Crippen molar-refractivity contribution in [2.75, 3.05) is 21.3 Å². The van der Waals surface area contributed by atoms with Gasteiger partial charge in [0.15, 0.2) is 0 Å². The van der Waals surface area contributed by atoms with Crippen LogP contribution in [0.1, 0.15) is 98.3 Å². The van der Waals surface area contributed by atoms with E-state index in [1.54, 1.807) is 21.3 Å². The van der Waals surface area contributed by atoms with E-state index in [1.165, 1.54) is 64.2 Å². The van der Waals surface area contributed by atoms with Gasteiger partial charge in [-0.05, 0) is 26.7 Å². The van der Waals surface area contributed by atoms with Crippen molar-refractivity contribution in [3.8, 4) is 0 Å². The smallest absolute Gasteiger partial charge is 0.376 e. The third kappa shape index (κ3) is 10.1. The Labute approximate surface area is 158 Å². The zero-order valence-corrected chi connectivity index (χ0v) is 19.1. The quantitative estimate of drug-likeness (QED) is 0.270. The van der Waals surface area contributed by atoms with E-state index in [2.05, 4.69) is 33.0 Å². The van der Waals surface area contributed by atoms with Crippen LogP contribution in [0.3, 0.4) is 0 Å². The molecule has 0 amide bonds. The minimum Gasteiger partial charge on any atom is -0.376 e. The first-order chi connectivity index (χ1) is 11.9. The molecule has 0 radical (unpaired) electrons. The molecule has 1 N–H and O–H groups in total. The first kappa shape index (κ1) is 25.1. The van der Waals surface area contributed by atoms with Crippen molar-refractivity contribution in [1.82, 2.24) is 5.32 Å². The summed E-state index contributed by atoms with van der Waals surface area (Å²) in [5.41, 5.74) is 0.191. The fourth-order valence-electron chi connectivity index (χ4n) is 3.54. The van der Waals surface area contributed by atoms with Crippen LogP contribution in [-0.2, 0) is 13.3 Å². The first-order valence-corrected chi connectivity index (χ1v) is 12.1. The van der Waals surface area contributed by atoms with Crippen molar-refractivity contribution in [1.29, 1.82) is 0 Å². The van der Waals surface area contributed by atoms with Crippen LogP contribution in [0.4, 0.5) is 0 Å². The van der Waals surface area contributed by atoms with E-state index in [-0.39, 0.29) is 11.2 Å². The van der Waals surface area contributed by atoms with Crippen molar-refractivity contribution in [2.24, 2.45) is 0 Å². The zero-order valence-electron chi connectivity index (χ0n) is 18.1. The Morgan fingerprint density at radius 3 is 1.60 bits per heavy atom. The highest BCUT2D eigenvalue weighted by Gasteiger charge is 2.48. The van der Waals surface area contributed by atoms with E-state index in [9.17, 15) is 0 Å². The van der Waals surface area contributed by atoms with E-state index < -0.39 is 8.80 Å². The minimum atomic E-state index is -2.64. The molecule has 0 heterocycles. The highest BCUT2D eigenvalue weighted by molar-refractivity contribution is 6.62. The van der Waals surface area contributed by atoms with Crippen LogP contribution in [0.15, 0.2) is 0 Å². The van der Waals surface area contributed by atoms with Crippen LogP contribution in [-0.4, -0.2) is 41.3 Å². The maximum Gasteiger partial charge on any atom is 0.518 e. The number of hydrogen-bond acceptors (Lipinski definition) is 4. The van der Waals surface area contributed by atoms with Gasteiger partial charge in [-0.15, -0.1) is 0 Å². The second kappa shape index (κ2) is 14.2.